The normalized spacial score (nSPS) is 11.7. The fourth-order valence-corrected chi connectivity index (χ4v) is 1.37. The zero-order valence-corrected chi connectivity index (χ0v) is 14.9. The highest BCUT2D eigenvalue weighted by atomic mass is 16.6. The van der Waals surface area contributed by atoms with Crippen molar-refractivity contribution >= 4 is 5.97 Å². The van der Waals surface area contributed by atoms with Gasteiger partial charge in [-0.1, -0.05) is 6.92 Å². The molecule has 0 unspecified atom stereocenters. The first-order valence-electron chi connectivity index (χ1n) is 8.03. The van der Waals surface area contributed by atoms with Crippen molar-refractivity contribution < 1.29 is 33.2 Å². The van der Waals surface area contributed by atoms with Crippen LogP contribution in [0.2, 0.25) is 0 Å². The van der Waals surface area contributed by atoms with Crippen LogP contribution in [0, 0.1) is 0 Å². The molecule has 0 rings (SSSR count). The molecule has 0 bridgehead atoms. The van der Waals surface area contributed by atoms with Crippen LogP contribution in [-0.2, 0) is 33.2 Å². The Labute approximate surface area is 139 Å². The Bertz CT molecular complexity index is 282. The van der Waals surface area contributed by atoms with E-state index in [0.29, 0.717) is 52.9 Å². The molecular formula is C16H32O7. The highest BCUT2D eigenvalue weighted by molar-refractivity contribution is 5.71. The van der Waals surface area contributed by atoms with Gasteiger partial charge in [0.2, 0.25) is 0 Å². The molecule has 0 aromatic carbocycles. The van der Waals surface area contributed by atoms with Gasteiger partial charge in [-0.25, -0.2) is 4.79 Å². The average molecular weight is 336 g/mol. The summed E-state index contributed by atoms with van der Waals surface area (Å²) in [5.74, 6) is -0.353. The Balaban J connectivity index is 3.23. The molecule has 0 spiro atoms. The number of rotatable bonds is 16. The minimum absolute atomic E-state index is 0.0535. The molecule has 7 nitrogen and oxygen atoms in total. The molecule has 0 fully saturated rings. The van der Waals surface area contributed by atoms with Crippen LogP contribution in [0.1, 0.15) is 27.2 Å². The Morgan fingerprint density at radius 1 is 0.783 bits per heavy atom. The van der Waals surface area contributed by atoms with Gasteiger partial charge < -0.3 is 28.4 Å². The standard InChI is InChI=1S/C16H32O7/c1-5-16(2,3)23-15(17)14-22-13-12-21-11-10-20-9-8-19-7-6-18-4/h5-14H2,1-4H3. The lowest BCUT2D eigenvalue weighted by molar-refractivity contribution is -0.162. The van der Waals surface area contributed by atoms with E-state index in [9.17, 15) is 4.79 Å². The topological polar surface area (TPSA) is 72.5 Å². The van der Waals surface area contributed by atoms with Gasteiger partial charge in [0, 0.05) is 7.11 Å². The number of methoxy groups -OCH3 is 1. The van der Waals surface area contributed by atoms with Crippen LogP contribution >= 0.6 is 0 Å². The van der Waals surface area contributed by atoms with Gasteiger partial charge in [0.15, 0.2) is 0 Å². The number of carbonyl (C=O) groups excluding carboxylic acids is 1. The van der Waals surface area contributed by atoms with E-state index in [-0.39, 0.29) is 12.6 Å². The van der Waals surface area contributed by atoms with Crippen molar-refractivity contribution in [3.8, 4) is 0 Å². The summed E-state index contributed by atoms with van der Waals surface area (Å²) in [7, 11) is 1.63. The smallest absolute Gasteiger partial charge is 0.332 e. The molecule has 7 heteroatoms. The molecule has 138 valence electrons. The van der Waals surface area contributed by atoms with E-state index in [2.05, 4.69) is 0 Å². The molecule has 23 heavy (non-hydrogen) atoms. The van der Waals surface area contributed by atoms with Crippen molar-refractivity contribution in [3.05, 3.63) is 0 Å². The fourth-order valence-electron chi connectivity index (χ4n) is 1.37. The summed E-state index contributed by atoms with van der Waals surface area (Å²) in [4.78, 5) is 11.5. The second-order valence-corrected chi connectivity index (χ2v) is 5.47. The van der Waals surface area contributed by atoms with Crippen molar-refractivity contribution in [3.63, 3.8) is 0 Å². The second-order valence-electron chi connectivity index (χ2n) is 5.47. The Hall–Kier alpha value is -0.730. The van der Waals surface area contributed by atoms with Gasteiger partial charge in [0.25, 0.3) is 0 Å². The number of hydrogen-bond donors (Lipinski definition) is 0. The van der Waals surface area contributed by atoms with Crippen LogP contribution < -0.4 is 0 Å². The summed E-state index contributed by atoms with van der Waals surface area (Å²) in [5, 5.41) is 0. The highest BCUT2D eigenvalue weighted by Gasteiger charge is 2.20. The quantitative estimate of drug-likeness (QED) is 0.312. The summed E-state index contributed by atoms with van der Waals surface area (Å²) in [6, 6.07) is 0. The van der Waals surface area contributed by atoms with Gasteiger partial charge in [-0.05, 0) is 20.3 Å². The molecule has 0 aliphatic carbocycles. The molecule has 0 radical (unpaired) electrons. The third-order valence-electron chi connectivity index (χ3n) is 3.01. The van der Waals surface area contributed by atoms with Crippen LogP contribution in [0.4, 0.5) is 0 Å². The van der Waals surface area contributed by atoms with Crippen LogP contribution in [0.3, 0.4) is 0 Å². The molecule has 0 heterocycles. The first kappa shape index (κ1) is 22.3. The molecule has 0 saturated heterocycles. The van der Waals surface area contributed by atoms with Crippen molar-refractivity contribution in [2.75, 3.05) is 66.6 Å². The summed E-state index contributed by atoms with van der Waals surface area (Å²) < 4.78 is 31.2. The Morgan fingerprint density at radius 2 is 1.22 bits per heavy atom. The van der Waals surface area contributed by atoms with Crippen molar-refractivity contribution in [2.24, 2.45) is 0 Å². The predicted molar refractivity (Wildman–Crippen MR) is 85.6 cm³/mol. The van der Waals surface area contributed by atoms with Crippen molar-refractivity contribution in [2.45, 2.75) is 32.8 Å². The van der Waals surface area contributed by atoms with Crippen LogP contribution in [-0.4, -0.2) is 78.1 Å². The van der Waals surface area contributed by atoms with E-state index in [1.807, 2.05) is 20.8 Å². The summed E-state index contributed by atoms with van der Waals surface area (Å²) >= 11 is 0. The highest BCUT2D eigenvalue weighted by Crippen LogP contribution is 2.13. The van der Waals surface area contributed by atoms with Gasteiger partial charge in [-0.3, -0.25) is 0 Å². The van der Waals surface area contributed by atoms with Gasteiger partial charge in [-0.15, -0.1) is 0 Å². The Morgan fingerprint density at radius 3 is 1.65 bits per heavy atom. The maximum Gasteiger partial charge on any atom is 0.332 e. The van der Waals surface area contributed by atoms with Crippen LogP contribution in [0.15, 0.2) is 0 Å². The summed E-state index contributed by atoms with van der Waals surface area (Å²) in [6.45, 7) is 9.64. The first-order chi connectivity index (χ1) is 11.0. The zero-order chi connectivity index (χ0) is 17.4. The monoisotopic (exact) mass is 336 g/mol. The number of esters is 1. The molecule has 0 saturated carbocycles. The van der Waals surface area contributed by atoms with Crippen LogP contribution in [0.25, 0.3) is 0 Å². The SMILES string of the molecule is CCC(C)(C)OC(=O)COCCOCCOCCOCCOC. The second kappa shape index (κ2) is 14.8. The minimum Gasteiger partial charge on any atom is -0.458 e. The molecule has 0 atom stereocenters. The predicted octanol–water partition coefficient (Wildman–Crippen LogP) is 1.43. The third kappa shape index (κ3) is 15.9. The molecular weight excluding hydrogens is 304 g/mol. The molecule has 0 N–H and O–H groups in total. The third-order valence-corrected chi connectivity index (χ3v) is 3.01. The van der Waals surface area contributed by atoms with Crippen LogP contribution in [0.5, 0.6) is 0 Å². The van der Waals surface area contributed by atoms with E-state index < -0.39 is 5.60 Å². The number of ether oxygens (including phenoxy) is 6. The van der Waals surface area contributed by atoms with Gasteiger partial charge in [0.05, 0.1) is 52.9 Å². The maximum atomic E-state index is 11.5. The fraction of sp³-hybridized carbons (Fsp3) is 0.938. The van der Waals surface area contributed by atoms with E-state index in [1.165, 1.54) is 0 Å². The van der Waals surface area contributed by atoms with Crippen molar-refractivity contribution in [1.82, 2.24) is 0 Å². The lowest BCUT2D eigenvalue weighted by Gasteiger charge is -2.23. The minimum atomic E-state index is -0.443. The molecule has 0 amide bonds. The summed E-state index contributed by atoms with van der Waals surface area (Å²) in [5.41, 5.74) is -0.443. The number of hydrogen-bond acceptors (Lipinski definition) is 7. The van der Waals surface area contributed by atoms with Gasteiger partial charge >= 0.3 is 5.97 Å². The maximum absolute atomic E-state index is 11.5. The van der Waals surface area contributed by atoms with Gasteiger partial charge in [0.1, 0.15) is 12.2 Å². The van der Waals surface area contributed by atoms with E-state index in [0.717, 1.165) is 6.42 Å². The molecule has 0 aliphatic rings. The molecule has 0 aromatic heterocycles. The lowest BCUT2D eigenvalue weighted by Crippen LogP contribution is -2.29. The number of carbonyl (C=O) groups is 1. The molecule has 0 aromatic rings. The largest absolute Gasteiger partial charge is 0.458 e. The Kier molecular flexibility index (Phi) is 14.4. The zero-order valence-electron chi connectivity index (χ0n) is 14.9. The van der Waals surface area contributed by atoms with Crippen molar-refractivity contribution in [1.29, 1.82) is 0 Å². The first-order valence-corrected chi connectivity index (χ1v) is 8.03. The van der Waals surface area contributed by atoms with E-state index >= 15 is 0 Å². The van der Waals surface area contributed by atoms with E-state index in [4.69, 9.17) is 28.4 Å². The average Bonchev–Trinajstić information content (AvgIpc) is 2.51. The summed E-state index contributed by atoms with van der Waals surface area (Å²) in [6.07, 6.45) is 0.763. The van der Waals surface area contributed by atoms with E-state index in [1.54, 1.807) is 7.11 Å². The molecule has 0 aliphatic heterocycles. The lowest BCUT2D eigenvalue weighted by atomic mass is 10.1. The van der Waals surface area contributed by atoms with Gasteiger partial charge in [-0.2, -0.15) is 0 Å².